The zero-order valence-corrected chi connectivity index (χ0v) is 30.8. The summed E-state index contributed by atoms with van der Waals surface area (Å²) in [6.45, 7) is 8.40. The number of halogens is 3. The smallest absolute Gasteiger partial charge is 0.378 e. The normalized spacial score (nSPS) is 30.7. The minimum atomic E-state index is -4.32. The molecule has 9 rings (SSSR count). The lowest BCUT2D eigenvalue weighted by molar-refractivity contribution is -0.187. The van der Waals surface area contributed by atoms with Crippen LogP contribution in [0.4, 0.5) is 19.0 Å². The van der Waals surface area contributed by atoms with Gasteiger partial charge in [0.25, 0.3) is 0 Å². The summed E-state index contributed by atoms with van der Waals surface area (Å²) < 4.78 is 53.8. The number of alkyl halides is 3. The van der Waals surface area contributed by atoms with Gasteiger partial charge in [-0.25, -0.2) is 15.0 Å². The van der Waals surface area contributed by atoms with E-state index in [0.29, 0.717) is 50.9 Å². The van der Waals surface area contributed by atoms with Crippen molar-refractivity contribution in [1.82, 2.24) is 30.1 Å². The van der Waals surface area contributed by atoms with Gasteiger partial charge in [-0.15, -0.1) is 11.3 Å². The number of anilines is 1. The molecule has 0 radical (unpaired) electrons. The van der Waals surface area contributed by atoms with Crippen LogP contribution in [0.5, 0.6) is 0 Å². The Morgan fingerprint density at radius 1 is 1.06 bits per heavy atom. The number of carbonyl (C=O) groups is 3. The fourth-order valence-corrected chi connectivity index (χ4v) is 10.1. The molecule has 7 aliphatic rings. The molecule has 2 aromatic heterocycles. The monoisotopic (exact) mass is 749 g/mol. The van der Waals surface area contributed by atoms with Gasteiger partial charge in [0.15, 0.2) is 11.5 Å². The molecule has 2 aliphatic carbocycles. The van der Waals surface area contributed by atoms with Crippen LogP contribution < -0.4 is 10.2 Å². The number of nitrogens with zero attached hydrogens (tertiary/aromatic N) is 6. The van der Waals surface area contributed by atoms with Gasteiger partial charge in [0.2, 0.25) is 17.7 Å². The average molecular weight is 750 g/mol. The van der Waals surface area contributed by atoms with E-state index < -0.39 is 41.5 Å². The first kappa shape index (κ1) is 35.9. The van der Waals surface area contributed by atoms with Gasteiger partial charge in [0, 0.05) is 57.4 Å². The number of aromatic nitrogens is 3. The Kier molecular flexibility index (Phi) is 9.00. The number of thiazole rings is 1. The molecule has 1 spiro atoms. The molecule has 2 bridgehead atoms. The maximum atomic E-state index is 14.6. The average Bonchev–Trinajstić information content (AvgIpc) is 3.43. The molecule has 7 fully saturated rings. The van der Waals surface area contributed by atoms with Gasteiger partial charge in [-0.2, -0.15) is 13.2 Å². The highest BCUT2D eigenvalue weighted by Gasteiger charge is 2.62. The standard InChI is InChI=1S/C36H48F3N7O5S.H2/c1-21(50-17-34-8-4-23(5-9-34)51-18-34)26(32(49)44-10-6-22(7-11-44)36(37,38)39)43-30(47)25-13-45(29-27-28(40-19-41-29)42-20-52-27)14-35(25)15-46(16-35)31(48)24-12-33(24,2)3;/h19-26H,4-18H2,1-3H3,(H,43,47);1H/t21-,23?,24-,25+,26+,34?;/m1./s1. The van der Waals surface area contributed by atoms with E-state index >= 15 is 0 Å². The van der Waals surface area contributed by atoms with E-state index in [1.165, 1.54) is 22.6 Å². The summed E-state index contributed by atoms with van der Waals surface area (Å²) in [5.41, 5.74) is 1.51. The molecule has 286 valence electrons. The van der Waals surface area contributed by atoms with Crippen LogP contribution in [0.3, 0.4) is 0 Å². The largest absolute Gasteiger partial charge is 0.391 e. The SMILES string of the molecule is C[C@@H](OCC12CCC(CC1)OC2)[C@H](NC(=O)[C@@H]1CN(c2ncnc3ncsc23)CC12CN(C(=O)[C@H]1CC1(C)C)C2)C(=O)N1CCC(C(F)(F)F)CC1.[HH]. The number of likely N-dealkylation sites (tertiary alicyclic amines) is 2. The second-order valence-corrected chi connectivity index (χ2v) is 17.9. The fourth-order valence-electron chi connectivity index (χ4n) is 9.36. The molecule has 0 aromatic carbocycles. The Hall–Kier alpha value is -3.11. The summed E-state index contributed by atoms with van der Waals surface area (Å²) in [4.78, 5) is 60.8. The highest BCUT2D eigenvalue weighted by atomic mass is 32.1. The summed E-state index contributed by atoms with van der Waals surface area (Å²) in [6.07, 6.45) is 1.02. The number of rotatable bonds is 9. The molecule has 4 atom stereocenters. The fraction of sp³-hybridized carbons (Fsp3) is 0.778. The van der Waals surface area contributed by atoms with Gasteiger partial charge in [0.1, 0.15) is 17.1 Å². The summed E-state index contributed by atoms with van der Waals surface area (Å²) in [7, 11) is 0. The summed E-state index contributed by atoms with van der Waals surface area (Å²) in [6, 6.07) is -1.10. The highest BCUT2D eigenvalue weighted by Crippen LogP contribution is 2.55. The number of amides is 3. The molecule has 12 nitrogen and oxygen atoms in total. The van der Waals surface area contributed by atoms with Crippen LogP contribution in [0, 0.1) is 34.0 Å². The van der Waals surface area contributed by atoms with Crippen molar-refractivity contribution in [2.75, 3.05) is 57.4 Å². The molecule has 0 unspecified atom stereocenters. The molecule has 7 heterocycles. The lowest BCUT2D eigenvalue weighted by Crippen LogP contribution is -2.65. The van der Waals surface area contributed by atoms with Gasteiger partial charge < -0.3 is 29.5 Å². The lowest BCUT2D eigenvalue weighted by Gasteiger charge is -2.51. The van der Waals surface area contributed by atoms with E-state index in [-0.39, 0.29) is 62.0 Å². The lowest BCUT2D eigenvalue weighted by atomic mass is 9.70. The Bertz CT molecular complexity index is 1690. The van der Waals surface area contributed by atoms with Crippen LogP contribution in [-0.4, -0.2) is 119 Å². The minimum absolute atomic E-state index is 0. The Morgan fingerprint density at radius 3 is 2.40 bits per heavy atom. The first-order valence-corrected chi connectivity index (χ1v) is 19.5. The molecule has 2 aromatic rings. The van der Waals surface area contributed by atoms with E-state index in [9.17, 15) is 27.6 Å². The quantitative estimate of drug-likeness (QED) is 0.399. The topological polar surface area (TPSA) is 130 Å². The van der Waals surface area contributed by atoms with Crippen molar-refractivity contribution < 1.29 is 38.5 Å². The van der Waals surface area contributed by atoms with E-state index in [1.54, 1.807) is 12.4 Å². The number of hydrogen-bond donors (Lipinski definition) is 1. The van der Waals surface area contributed by atoms with E-state index in [1.807, 2.05) is 4.90 Å². The van der Waals surface area contributed by atoms with Crippen molar-refractivity contribution in [3.63, 3.8) is 0 Å². The van der Waals surface area contributed by atoms with Gasteiger partial charge in [-0.05, 0) is 57.3 Å². The Morgan fingerprint density at radius 2 is 1.77 bits per heavy atom. The third-order valence-electron chi connectivity index (χ3n) is 13.1. The van der Waals surface area contributed by atoms with Crippen LogP contribution in [0.2, 0.25) is 0 Å². The molecule has 16 heteroatoms. The number of carbonyl (C=O) groups excluding carboxylic acids is 3. The Balaban J connectivity index is 0.00000435. The maximum Gasteiger partial charge on any atom is 0.391 e. The number of nitrogens with one attached hydrogen (secondary N) is 1. The summed E-state index contributed by atoms with van der Waals surface area (Å²) >= 11 is 1.42. The van der Waals surface area contributed by atoms with Crippen molar-refractivity contribution in [2.24, 2.45) is 34.0 Å². The number of ether oxygens (including phenoxy) is 2. The zero-order valence-electron chi connectivity index (χ0n) is 30.0. The van der Waals surface area contributed by atoms with Crippen LogP contribution in [0.1, 0.15) is 67.1 Å². The second kappa shape index (κ2) is 13.0. The van der Waals surface area contributed by atoms with Gasteiger partial charge >= 0.3 is 6.18 Å². The number of fused-ring (bicyclic) bond motifs is 4. The third-order valence-corrected chi connectivity index (χ3v) is 13.9. The summed E-state index contributed by atoms with van der Waals surface area (Å²) in [5, 5.41) is 3.06. The molecule has 1 N–H and O–H groups in total. The molecular weight excluding hydrogens is 700 g/mol. The first-order chi connectivity index (χ1) is 24.7. The van der Waals surface area contributed by atoms with Crippen molar-refractivity contribution in [3.8, 4) is 0 Å². The van der Waals surface area contributed by atoms with Gasteiger partial charge in [-0.3, -0.25) is 14.4 Å². The van der Waals surface area contributed by atoms with Crippen molar-refractivity contribution in [1.29, 1.82) is 0 Å². The molecule has 3 amide bonds. The third kappa shape index (κ3) is 6.54. The molecule has 5 aliphatic heterocycles. The predicted molar refractivity (Wildman–Crippen MR) is 187 cm³/mol. The second-order valence-electron chi connectivity index (χ2n) is 17.1. The van der Waals surface area contributed by atoms with Gasteiger partial charge in [-0.1, -0.05) is 13.8 Å². The van der Waals surface area contributed by atoms with Gasteiger partial charge in [0.05, 0.1) is 42.8 Å². The van der Waals surface area contributed by atoms with Crippen LogP contribution in [0.15, 0.2) is 11.8 Å². The van der Waals surface area contributed by atoms with E-state index in [0.717, 1.165) is 36.8 Å². The Labute approximate surface area is 306 Å². The molecule has 2 saturated carbocycles. The predicted octanol–water partition coefficient (Wildman–Crippen LogP) is 4.29. The van der Waals surface area contributed by atoms with Crippen molar-refractivity contribution in [3.05, 3.63) is 11.8 Å². The minimum Gasteiger partial charge on any atom is -0.378 e. The number of hydrogen-bond acceptors (Lipinski definition) is 10. The van der Waals surface area contributed by atoms with Crippen molar-refractivity contribution in [2.45, 2.75) is 90.1 Å². The first-order valence-electron chi connectivity index (χ1n) is 18.6. The molecular formula is C36H50F3N7O5S. The van der Waals surface area contributed by atoms with Crippen LogP contribution >= 0.6 is 11.3 Å². The zero-order chi connectivity index (χ0) is 36.6. The van der Waals surface area contributed by atoms with E-state index in [4.69, 9.17) is 9.47 Å². The van der Waals surface area contributed by atoms with Crippen molar-refractivity contribution >= 4 is 45.2 Å². The molecule has 5 saturated heterocycles. The highest BCUT2D eigenvalue weighted by molar-refractivity contribution is 7.17. The maximum absolute atomic E-state index is 14.6. The number of piperidine rings is 1. The molecule has 52 heavy (non-hydrogen) atoms. The summed E-state index contributed by atoms with van der Waals surface area (Å²) in [5.74, 6) is -2.07. The van der Waals surface area contributed by atoms with Crippen LogP contribution in [0.25, 0.3) is 10.3 Å². The van der Waals surface area contributed by atoms with E-state index in [2.05, 4.69) is 39.0 Å². The van der Waals surface area contributed by atoms with Crippen LogP contribution in [-0.2, 0) is 23.9 Å².